The van der Waals surface area contributed by atoms with E-state index in [1.165, 1.54) is 0 Å². The Morgan fingerprint density at radius 1 is 1.27 bits per heavy atom. The summed E-state index contributed by atoms with van der Waals surface area (Å²) in [6, 6.07) is 0.00483. The molecule has 1 amide bonds. The zero-order valence-corrected chi connectivity index (χ0v) is 14.5. The van der Waals surface area contributed by atoms with E-state index < -0.39 is 10.0 Å². The molecule has 2 rings (SSSR count). The highest BCUT2D eigenvalue weighted by Gasteiger charge is 2.30. The van der Waals surface area contributed by atoms with Gasteiger partial charge in [-0.1, -0.05) is 13.8 Å². The molecular weight excluding hydrogens is 302 g/mol. The van der Waals surface area contributed by atoms with Crippen molar-refractivity contribution >= 4 is 15.9 Å². The van der Waals surface area contributed by atoms with Gasteiger partial charge in [-0.15, -0.1) is 0 Å². The molecule has 7 heteroatoms. The first kappa shape index (κ1) is 17.7. The van der Waals surface area contributed by atoms with Crippen molar-refractivity contribution in [3.8, 4) is 0 Å². The Bertz CT molecular complexity index is 472. The zero-order valence-electron chi connectivity index (χ0n) is 13.7. The maximum Gasteiger partial charge on any atom is 0.237 e. The molecule has 2 fully saturated rings. The number of carbonyl (C=O) groups excluding carboxylic acids is 1. The molecule has 2 atom stereocenters. The minimum absolute atomic E-state index is 0.0708. The molecule has 2 saturated heterocycles. The van der Waals surface area contributed by atoms with E-state index in [0.717, 1.165) is 19.4 Å². The molecule has 0 saturated carbocycles. The molecule has 0 aromatic rings. The highest BCUT2D eigenvalue weighted by molar-refractivity contribution is 7.89. The molecule has 6 nitrogen and oxygen atoms in total. The maximum atomic E-state index is 12.3. The van der Waals surface area contributed by atoms with Crippen molar-refractivity contribution in [2.75, 3.05) is 25.4 Å². The fraction of sp³-hybridized carbons (Fsp3) is 0.933. The standard InChI is InChI=1S/C15H29N3O3S/c1-3-10-22(20,21)18-8-5-13(6-9-18)17-15(19)14-11-12(2)4-7-16-14/h12-14,16H,3-11H2,1-2H3,(H,17,19). The lowest BCUT2D eigenvalue weighted by Crippen LogP contribution is -2.53. The van der Waals surface area contributed by atoms with E-state index in [9.17, 15) is 13.2 Å². The van der Waals surface area contributed by atoms with Crippen LogP contribution in [0.5, 0.6) is 0 Å². The van der Waals surface area contributed by atoms with Gasteiger partial charge in [0, 0.05) is 19.1 Å². The summed E-state index contributed by atoms with van der Waals surface area (Å²) in [7, 11) is -3.10. The molecule has 0 aromatic carbocycles. The summed E-state index contributed by atoms with van der Waals surface area (Å²) in [5.74, 6) is 0.868. The van der Waals surface area contributed by atoms with Crippen LogP contribution < -0.4 is 10.6 Å². The number of nitrogens with zero attached hydrogens (tertiary/aromatic N) is 1. The van der Waals surface area contributed by atoms with Crippen LogP contribution in [0.2, 0.25) is 0 Å². The topological polar surface area (TPSA) is 78.5 Å². The predicted octanol–water partition coefficient (Wildman–Crippen LogP) is 0.695. The Kier molecular flexibility index (Phi) is 6.23. The van der Waals surface area contributed by atoms with E-state index in [1.54, 1.807) is 4.31 Å². The van der Waals surface area contributed by atoms with Crippen LogP contribution in [0, 0.1) is 5.92 Å². The number of piperidine rings is 2. The molecule has 2 N–H and O–H groups in total. The Hall–Kier alpha value is -0.660. The Morgan fingerprint density at radius 2 is 1.95 bits per heavy atom. The summed E-state index contributed by atoms with van der Waals surface area (Å²) < 4.78 is 25.6. The number of hydrogen-bond acceptors (Lipinski definition) is 4. The zero-order chi connectivity index (χ0) is 16.2. The van der Waals surface area contributed by atoms with Crippen molar-refractivity contribution in [3.05, 3.63) is 0 Å². The van der Waals surface area contributed by atoms with E-state index in [0.29, 0.717) is 38.3 Å². The summed E-state index contributed by atoms with van der Waals surface area (Å²) in [5.41, 5.74) is 0. The minimum Gasteiger partial charge on any atom is -0.352 e. The quantitative estimate of drug-likeness (QED) is 0.777. The normalized spacial score (nSPS) is 28.5. The third-order valence-electron chi connectivity index (χ3n) is 4.64. The van der Waals surface area contributed by atoms with E-state index in [2.05, 4.69) is 17.6 Å². The number of rotatable bonds is 5. The molecular formula is C15H29N3O3S. The fourth-order valence-corrected chi connectivity index (χ4v) is 4.82. The number of nitrogens with one attached hydrogen (secondary N) is 2. The first-order valence-electron chi connectivity index (χ1n) is 8.44. The van der Waals surface area contributed by atoms with Crippen molar-refractivity contribution in [1.82, 2.24) is 14.9 Å². The molecule has 2 unspecified atom stereocenters. The van der Waals surface area contributed by atoms with Crippen LogP contribution in [0.1, 0.15) is 46.0 Å². The Labute approximate surface area is 134 Å². The average Bonchev–Trinajstić information content (AvgIpc) is 2.47. The molecule has 0 radical (unpaired) electrons. The van der Waals surface area contributed by atoms with Gasteiger partial charge in [-0.3, -0.25) is 4.79 Å². The van der Waals surface area contributed by atoms with Crippen LogP contribution in [-0.4, -0.2) is 56.1 Å². The molecule has 2 heterocycles. The Morgan fingerprint density at radius 3 is 2.55 bits per heavy atom. The predicted molar refractivity (Wildman–Crippen MR) is 87.0 cm³/mol. The first-order valence-corrected chi connectivity index (χ1v) is 10.0. The van der Waals surface area contributed by atoms with E-state index in [4.69, 9.17) is 0 Å². The minimum atomic E-state index is -3.10. The van der Waals surface area contributed by atoms with Gasteiger partial charge in [-0.25, -0.2) is 12.7 Å². The van der Waals surface area contributed by atoms with Crippen molar-refractivity contribution < 1.29 is 13.2 Å². The third-order valence-corrected chi connectivity index (χ3v) is 6.71. The van der Waals surface area contributed by atoms with Gasteiger partial charge in [0.1, 0.15) is 0 Å². The first-order chi connectivity index (χ1) is 10.4. The molecule has 2 aliphatic rings. The monoisotopic (exact) mass is 331 g/mol. The van der Waals surface area contributed by atoms with Crippen LogP contribution in [0.3, 0.4) is 0 Å². The number of sulfonamides is 1. The molecule has 0 aromatic heterocycles. The van der Waals surface area contributed by atoms with E-state index in [1.807, 2.05) is 6.92 Å². The lowest BCUT2D eigenvalue weighted by Gasteiger charge is -2.33. The second-order valence-corrected chi connectivity index (χ2v) is 8.72. The summed E-state index contributed by atoms with van der Waals surface area (Å²) in [6.07, 6.45) is 4.06. The van der Waals surface area contributed by atoms with Gasteiger partial charge in [-0.2, -0.15) is 0 Å². The van der Waals surface area contributed by atoms with Crippen molar-refractivity contribution in [2.24, 2.45) is 5.92 Å². The van der Waals surface area contributed by atoms with Gasteiger partial charge in [0.15, 0.2) is 0 Å². The van der Waals surface area contributed by atoms with Gasteiger partial charge in [-0.05, 0) is 44.6 Å². The van der Waals surface area contributed by atoms with Crippen molar-refractivity contribution in [2.45, 2.75) is 58.0 Å². The third kappa shape index (κ3) is 4.67. The molecule has 2 aliphatic heterocycles. The summed E-state index contributed by atoms with van der Waals surface area (Å²) >= 11 is 0. The maximum absolute atomic E-state index is 12.3. The molecule has 22 heavy (non-hydrogen) atoms. The summed E-state index contributed by atoms with van der Waals surface area (Å²) in [6.45, 7) is 5.98. The summed E-state index contributed by atoms with van der Waals surface area (Å²) in [5, 5.41) is 6.36. The molecule has 0 aliphatic carbocycles. The van der Waals surface area contributed by atoms with Gasteiger partial charge < -0.3 is 10.6 Å². The second-order valence-electron chi connectivity index (χ2n) is 6.63. The van der Waals surface area contributed by atoms with Crippen LogP contribution in [0.4, 0.5) is 0 Å². The molecule has 0 spiro atoms. The van der Waals surface area contributed by atoms with E-state index >= 15 is 0 Å². The van der Waals surface area contributed by atoms with Gasteiger partial charge >= 0.3 is 0 Å². The summed E-state index contributed by atoms with van der Waals surface area (Å²) in [4.78, 5) is 12.3. The largest absolute Gasteiger partial charge is 0.352 e. The highest BCUT2D eigenvalue weighted by Crippen LogP contribution is 2.18. The lowest BCUT2D eigenvalue weighted by atomic mass is 9.93. The van der Waals surface area contributed by atoms with Gasteiger partial charge in [0.25, 0.3) is 0 Å². The van der Waals surface area contributed by atoms with Crippen LogP contribution in [0.25, 0.3) is 0 Å². The van der Waals surface area contributed by atoms with Crippen molar-refractivity contribution in [1.29, 1.82) is 0 Å². The number of carbonyl (C=O) groups is 1. The van der Waals surface area contributed by atoms with Gasteiger partial charge in [0.2, 0.25) is 15.9 Å². The van der Waals surface area contributed by atoms with Crippen molar-refractivity contribution in [3.63, 3.8) is 0 Å². The van der Waals surface area contributed by atoms with Gasteiger partial charge in [0.05, 0.1) is 11.8 Å². The SMILES string of the molecule is CCCS(=O)(=O)N1CCC(NC(=O)C2CC(C)CCN2)CC1. The fourth-order valence-electron chi connectivity index (χ4n) is 3.27. The van der Waals surface area contributed by atoms with Crippen LogP contribution >= 0.6 is 0 Å². The average molecular weight is 331 g/mol. The van der Waals surface area contributed by atoms with Crippen LogP contribution in [-0.2, 0) is 14.8 Å². The lowest BCUT2D eigenvalue weighted by molar-refractivity contribution is -0.125. The smallest absolute Gasteiger partial charge is 0.237 e. The number of amides is 1. The number of hydrogen-bond donors (Lipinski definition) is 2. The highest BCUT2D eigenvalue weighted by atomic mass is 32.2. The van der Waals surface area contributed by atoms with E-state index in [-0.39, 0.29) is 23.7 Å². The Balaban J connectivity index is 1.78. The second kappa shape index (κ2) is 7.75. The molecule has 128 valence electrons. The molecule has 0 bridgehead atoms. The van der Waals surface area contributed by atoms with Crippen LogP contribution in [0.15, 0.2) is 0 Å².